The van der Waals surface area contributed by atoms with Crippen molar-refractivity contribution in [1.82, 2.24) is 24.6 Å². The minimum atomic E-state index is 0.218. The highest BCUT2D eigenvalue weighted by atomic mass is 16.2. The van der Waals surface area contributed by atoms with E-state index in [4.69, 9.17) is 0 Å². The number of aryl methyl sites for hydroxylation is 1. The highest BCUT2D eigenvalue weighted by molar-refractivity contribution is 5.78. The van der Waals surface area contributed by atoms with Crippen LogP contribution in [-0.4, -0.2) is 62.1 Å². The Balaban J connectivity index is 1.46. The predicted octanol–water partition coefficient (Wildman–Crippen LogP) is 1.70. The van der Waals surface area contributed by atoms with E-state index >= 15 is 0 Å². The number of rotatable bonds is 5. The van der Waals surface area contributed by atoms with Crippen LogP contribution in [-0.2, 0) is 16.1 Å². The minimum absolute atomic E-state index is 0.218. The zero-order chi connectivity index (χ0) is 17.9. The number of likely N-dealkylation sites (tertiary alicyclic amines) is 2. The quantitative estimate of drug-likeness (QED) is 0.813. The Morgan fingerprint density at radius 3 is 2.68 bits per heavy atom. The summed E-state index contributed by atoms with van der Waals surface area (Å²) in [7, 11) is 0. The van der Waals surface area contributed by atoms with Crippen LogP contribution in [0.2, 0.25) is 0 Å². The van der Waals surface area contributed by atoms with Crippen molar-refractivity contribution in [2.45, 2.75) is 65.0 Å². The molecule has 0 N–H and O–H groups in total. The van der Waals surface area contributed by atoms with Gasteiger partial charge in [-0.25, -0.2) is 4.98 Å². The molecule has 3 heterocycles. The van der Waals surface area contributed by atoms with Gasteiger partial charge in [0.2, 0.25) is 11.8 Å². The summed E-state index contributed by atoms with van der Waals surface area (Å²) < 4.78 is 1.76. The van der Waals surface area contributed by atoms with Crippen molar-refractivity contribution in [2.24, 2.45) is 5.41 Å². The van der Waals surface area contributed by atoms with Gasteiger partial charge in [-0.05, 0) is 44.9 Å². The fraction of sp³-hybridized carbons (Fsp3) is 0.778. The molecular weight excluding hydrogens is 318 g/mol. The van der Waals surface area contributed by atoms with E-state index in [2.05, 4.69) is 23.9 Å². The van der Waals surface area contributed by atoms with Gasteiger partial charge < -0.3 is 9.80 Å². The maximum absolute atomic E-state index is 12.4. The average Bonchev–Trinajstić information content (AvgIpc) is 3.11. The number of carbonyl (C=O) groups excluding carboxylic acids is 2. The summed E-state index contributed by atoms with van der Waals surface area (Å²) in [6, 6.07) is 0.265. The standard InChI is InChI=1S/C18H29N5O2/c1-15(2)23-12-18(6-5-17(23)25)7-10-21(11-8-18)16(24)4-3-9-22-14-19-13-20-22/h13-15H,3-12H2,1-2H3. The van der Waals surface area contributed by atoms with Gasteiger partial charge in [-0.1, -0.05) is 0 Å². The van der Waals surface area contributed by atoms with E-state index in [9.17, 15) is 9.59 Å². The van der Waals surface area contributed by atoms with Gasteiger partial charge >= 0.3 is 0 Å². The summed E-state index contributed by atoms with van der Waals surface area (Å²) in [5, 5.41) is 4.06. The molecule has 0 aromatic carbocycles. The molecule has 7 nitrogen and oxygen atoms in total. The van der Waals surface area contributed by atoms with Gasteiger partial charge in [0.1, 0.15) is 12.7 Å². The SMILES string of the molecule is CC(C)N1CC2(CCC1=O)CCN(C(=O)CCCn1cncn1)CC2. The first kappa shape index (κ1) is 17.9. The molecule has 0 bridgehead atoms. The molecule has 0 aliphatic carbocycles. The van der Waals surface area contributed by atoms with Gasteiger partial charge in [-0.2, -0.15) is 5.10 Å². The second-order valence-corrected chi connectivity index (χ2v) is 7.76. The lowest BCUT2D eigenvalue weighted by atomic mass is 9.72. The van der Waals surface area contributed by atoms with Gasteiger partial charge in [0, 0.05) is 45.1 Å². The Hall–Kier alpha value is -1.92. The molecule has 2 aliphatic heterocycles. The van der Waals surface area contributed by atoms with Crippen molar-refractivity contribution in [2.75, 3.05) is 19.6 Å². The molecule has 0 radical (unpaired) electrons. The topological polar surface area (TPSA) is 71.3 Å². The summed E-state index contributed by atoms with van der Waals surface area (Å²) in [6.07, 6.45) is 8.20. The second-order valence-electron chi connectivity index (χ2n) is 7.76. The highest BCUT2D eigenvalue weighted by Crippen LogP contribution is 2.40. The molecule has 7 heteroatoms. The van der Waals surface area contributed by atoms with Gasteiger partial charge in [-0.3, -0.25) is 14.3 Å². The van der Waals surface area contributed by atoms with Crippen LogP contribution in [0.1, 0.15) is 52.4 Å². The lowest BCUT2D eigenvalue weighted by Crippen LogP contribution is -2.54. The van der Waals surface area contributed by atoms with Crippen LogP contribution in [0.15, 0.2) is 12.7 Å². The molecule has 2 amide bonds. The third-order valence-corrected chi connectivity index (χ3v) is 5.74. The van der Waals surface area contributed by atoms with Crippen molar-refractivity contribution in [3.63, 3.8) is 0 Å². The Kier molecular flexibility index (Phi) is 5.39. The Morgan fingerprint density at radius 1 is 1.28 bits per heavy atom. The summed E-state index contributed by atoms with van der Waals surface area (Å²) in [6.45, 7) is 7.41. The van der Waals surface area contributed by atoms with Crippen LogP contribution < -0.4 is 0 Å². The summed E-state index contributed by atoms with van der Waals surface area (Å²) >= 11 is 0. The normalized spacial score (nSPS) is 20.5. The molecule has 1 aromatic rings. The maximum Gasteiger partial charge on any atom is 0.222 e. The van der Waals surface area contributed by atoms with E-state index in [-0.39, 0.29) is 23.3 Å². The van der Waals surface area contributed by atoms with Gasteiger partial charge in [-0.15, -0.1) is 0 Å². The molecule has 138 valence electrons. The number of amides is 2. The smallest absolute Gasteiger partial charge is 0.222 e. The minimum Gasteiger partial charge on any atom is -0.343 e. The molecule has 2 saturated heterocycles. The van der Waals surface area contributed by atoms with Crippen molar-refractivity contribution in [3.05, 3.63) is 12.7 Å². The molecule has 0 unspecified atom stereocenters. The highest BCUT2D eigenvalue weighted by Gasteiger charge is 2.42. The van der Waals surface area contributed by atoms with Crippen LogP contribution >= 0.6 is 0 Å². The van der Waals surface area contributed by atoms with E-state index in [0.717, 1.165) is 51.9 Å². The summed E-state index contributed by atoms with van der Waals surface area (Å²) in [5.41, 5.74) is 0.218. The van der Waals surface area contributed by atoms with Crippen LogP contribution in [0.25, 0.3) is 0 Å². The molecule has 25 heavy (non-hydrogen) atoms. The van der Waals surface area contributed by atoms with E-state index in [1.807, 2.05) is 9.80 Å². The monoisotopic (exact) mass is 347 g/mol. The number of nitrogens with zero attached hydrogens (tertiary/aromatic N) is 5. The molecule has 1 aromatic heterocycles. The van der Waals surface area contributed by atoms with Crippen LogP contribution in [0, 0.1) is 5.41 Å². The fourth-order valence-corrected chi connectivity index (χ4v) is 4.05. The molecular formula is C18H29N5O2. The Morgan fingerprint density at radius 2 is 2.04 bits per heavy atom. The molecule has 3 rings (SSSR count). The van der Waals surface area contributed by atoms with Gasteiger partial charge in [0.25, 0.3) is 0 Å². The fourth-order valence-electron chi connectivity index (χ4n) is 4.05. The van der Waals surface area contributed by atoms with Crippen LogP contribution in [0.5, 0.6) is 0 Å². The number of aromatic nitrogens is 3. The summed E-state index contributed by atoms with van der Waals surface area (Å²) in [5.74, 6) is 0.523. The zero-order valence-electron chi connectivity index (χ0n) is 15.4. The second kappa shape index (κ2) is 7.54. The molecule has 1 spiro atoms. The number of hydrogen-bond acceptors (Lipinski definition) is 4. The van der Waals surface area contributed by atoms with E-state index < -0.39 is 0 Å². The number of piperidine rings is 2. The lowest BCUT2D eigenvalue weighted by molar-refractivity contribution is -0.144. The van der Waals surface area contributed by atoms with Crippen molar-refractivity contribution in [3.8, 4) is 0 Å². The van der Waals surface area contributed by atoms with Gasteiger partial charge in [0.05, 0.1) is 0 Å². The number of carbonyl (C=O) groups is 2. The van der Waals surface area contributed by atoms with Gasteiger partial charge in [0.15, 0.2) is 0 Å². The Bertz CT molecular complexity index is 591. The lowest BCUT2D eigenvalue weighted by Gasteiger charge is -2.48. The molecule has 2 aliphatic rings. The third kappa shape index (κ3) is 4.19. The third-order valence-electron chi connectivity index (χ3n) is 5.74. The van der Waals surface area contributed by atoms with E-state index in [1.165, 1.54) is 6.33 Å². The van der Waals surface area contributed by atoms with E-state index in [0.29, 0.717) is 12.8 Å². The largest absolute Gasteiger partial charge is 0.343 e. The first-order valence-electron chi connectivity index (χ1n) is 9.39. The Labute approximate surface area is 149 Å². The molecule has 0 saturated carbocycles. The van der Waals surface area contributed by atoms with E-state index in [1.54, 1.807) is 11.0 Å². The van der Waals surface area contributed by atoms with Crippen LogP contribution in [0.3, 0.4) is 0 Å². The molecule has 2 fully saturated rings. The summed E-state index contributed by atoms with van der Waals surface area (Å²) in [4.78, 5) is 32.5. The van der Waals surface area contributed by atoms with Crippen molar-refractivity contribution in [1.29, 1.82) is 0 Å². The zero-order valence-corrected chi connectivity index (χ0v) is 15.4. The molecule has 0 atom stereocenters. The predicted molar refractivity (Wildman–Crippen MR) is 93.6 cm³/mol. The maximum atomic E-state index is 12.4. The first-order chi connectivity index (χ1) is 12.0. The van der Waals surface area contributed by atoms with Crippen molar-refractivity contribution < 1.29 is 9.59 Å². The first-order valence-corrected chi connectivity index (χ1v) is 9.39. The number of hydrogen-bond donors (Lipinski definition) is 0. The van der Waals surface area contributed by atoms with Crippen LogP contribution in [0.4, 0.5) is 0 Å². The van der Waals surface area contributed by atoms with Crippen molar-refractivity contribution >= 4 is 11.8 Å². The average molecular weight is 347 g/mol.